The second-order valence-corrected chi connectivity index (χ2v) is 10.8. The van der Waals surface area contributed by atoms with Crippen LogP contribution in [0.4, 0.5) is 17.3 Å². The molecular weight excluding hydrogens is 492 g/mol. The third-order valence-corrected chi connectivity index (χ3v) is 7.84. The van der Waals surface area contributed by atoms with Gasteiger partial charge in [0.15, 0.2) is 11.5 Å². The summed E-state index contributed by atoms with van der Waals surface area (Å²) in [6.07, 6.45) is 4.60. The van der Waals surface area contributed by atoms with Crippen LogP contribution in [-0.4, -0.2) is 67.0 Å². The summed E-state index contributed by atoms with van der Waals surface area (Å²) in [6, 6.07) is 12.5. The van der Waals surface area contributed by atoms with Crippen molar-refractivity contribution in [2.24, 2.45) is 0 Å². The molecule has 39 heavy (non-hydrogen) atoms. The van der Waals surface area contributed by atoms with Crippen molar-refractivity contribution in [1.29, 1.82) is 0 Å². The summed E-state index contributed by atoms with van der Waals surface area (Å²) in [5.41, 5.74) is 2.90. The number of aromatic nitrogens is 5. The molecule has 4 heterocycles. The smallest absolute Gasteiger partial charge is 0.278 e. The molecule has 1 saturated heterocycles. The number of benzene rings is 1. The van der Waals surface area contributed by atoms with E-state index in [0.717, 1.165) is 37.3 Å². The SMILES string of the molecule is C=CCn1c(=O)c2cnc(Nc3ccc(N4CCN(C)C[C@@H]4C)cc3)nc2n1-c1ccc2c(n1)[C@@](C)(O)CC2. The highest BCUT2D eigenvalue weighted by Gasteiger charge is 2.34. The van der Waals surface area contributed by atoms with Crippen LogP contribution >= 0.6 is 0 Å². The van der Waals surface area contributed by atoms with Gasteiger partial charge < -0.3 is 20.2 Å². The maximum Gasteiger partial charge on any atom is 0.278 e. The molecule has 0 radical (unpaired) electrons. The second-order valence-electron chi connectivity index (χ2n) is 10.8. The Morgan fingerprint density at radius 1 is 1.18 bits per heavy atom. The van der Waals surface area contributed by atoms with Crippen molar-refractivity contribution < 1.29 is 5.11 Å². The third kappa shape index (κ3) is 4.49. The first-order valence-corrected chi connectivity index (χ1v) is 13.4. The zero-order chi connectivity index (χ0) is 27.3. The highest BCUT2D eigenvalue weighted by molar-refractivity contribution is 5.77. The van der Waals surface area contributed by atoms with Crippen LogP contribution in [0, 0.1) is 0 Å². The normalized spacial score (nSPS) is 21.3. The van der Waals surface area contributed by atoms with Gasteiger partial charge in [-0.25, -0.2) is 19.3 Å². The molecule has 1 aliphatic carbocycles. The summed E-state index contributed by atoms with van der Waals surface area (Å²) in [4.78, 5) is 32.0. The Morgan fingerprint density at radius 2 is 1.97 bits per heavy atom. The van der Waals surface area contributed by atoms with E-state index in [4.69, 9.17) is 9.97 Å². The fourth-order valence-electron chi connectivity index (χ4n) is 5.76. The van der Waals surface area contributed by atoms with Crippen molar-refractivity contribution in [3.63, 3.8) is 0 Å². The lowest BCUT2D eigenvalue weighted by Crippen LogP contribution is -2.50. The first-order chi connectivity index (χ1) is 18.7. The Morgan fingerprint density at radius 3 is 2.72 bits per heavy atom. The number of aryl methyl sites for hydroxylation is 1. The van der Waals surface area contributed by atoms with E-state index in [0.29, 0.717) is 41.0 Å². The maximum atomic E-state index is 13.3. The number of hydrogen-bond acceptors (Lipinski definition) is 8. The molecule has 4 aromatic rings. The molecule has 0 bridgehead atoms. The second kappa shape index (κ2) is 9.62. The number of fused-ring (bicyclic) bond motifs is 2. The minimum Gasteiger partial charge on any atom is -0.384 e. The van der Waals surface area contributed by atoms with E-state index < -0.39 is 5.60 Å². The largest absolute Gasteiger partial charge is 0.384 e. The first kappa shape index (κ1) is 25.3. The molecule has 1 aromatic carbocycles. The summed E-state index contributed by atoms with van der Waals surface area (Å²) in [6.45, 7) is 11.2. The first-order valence-electron chi connectivity index (χ1n) is 13.4. The Bertz CT molecular complexity index is 1600. The third-order valence-electron chi connectivity index (χ3n) is 7.84. The van der Waals surface area contributed by atoms with Crippen molar-refractivity contribution in [3.05, 3.63) is 76.9 Å². The van der Waals surface area contributed by atoms with E-state index in [1.807, 2.05) is 24.3 Å². The van der Waals surface area contributed by atoms with Crippen molar-refractivity contribution in [2.75, 3.05) is 36.9 Å². The van der Waals surface area contributed by atoms with Gasteiger partial charge in [-0.1, -0.05) is 12.1 Å². The number of aliphatic hydroxyl groups is 1. The lowest BCUT2D eigenvalue weighted by Gasteiger charge is -2.39. The monoisotopic (exact) mass is 526 g/mol. The predicted molar refractivity (Wildman–Crippen MR) is 153 cm³/mol. The van der Waals surface area contributed by atoms with Gasteiger partial charge in [0.2, 0.25) is 5.95 Å². The Kier molecular flexibility index (Phi) is 6.23. The number of allylic oxidation sites excluding steroid dienone is 1. The van der Waals surface area contributed by atoms with Crippen molar-refractivity contribution in [3.8, 4) is 5.82 Å². The van der Waals surface area contributed by atoms with E-state index in [9.17, 15) is 9.90 Å². The average molecular weight is 527 g/mol. The molecule has 2 atom stereocenters. The molecule has 3 aromatic heterocycles. The van der Waals surface area contributed by atoms with Gasteiger partial charge in [-0.15, -0.1) is 6.58 Å². The summed E-state index contributed by atoms with van der Waals surface area (Å²) in [5.74, 6) is 0.890. The fourth-order valence-corrected chi connectivity index (χ4v) is 5.76. The van der Waals surface area contributed by atoms with E-state index >= 15 is 0 Å². The number of piperazine rings is 1. The van der Waals surface area contributed by atoms with Crippen LogP contribution in [0.1, 0.15) is 31.5 Å². The summed E-state index contributed by atoms with van der Waals surface area (Å²) < 4.78 is 3.24. The minimum absolute atomic E-state index is 0.226. The molecule has 0 spiro atoms. The fraction of sp³-hybridized carbons (Fsp3) is 0.379. The summed E-state index contributed by atoms with van der Waals surface area (Å²) in [5, 5.41) is 14.5. The summed E-state index contributed by atoms with van der Waals surface area (Å²) >= 11 is 0. The predicted octanol–water partition coefficient (Wildman–Crippen LogP) is 3.20. The Balaban J connectivity index is 1.35. The van der Waals surface area contributed by atoms with E-state index in [1.165, 1.54) is 5.69 Å². The lowest BCUT2D eigenvalue weighted by atomic mass is 10.0. The lowest BCUT2D eigenvalue weighted by molar-refractivity contribution is 0.0553. The quantitative estimate of drug-likeness (QED) is 0.369. The number of nitrogens with zero attached hydrogens (tertiary/aromatic N) is 7. The topological polar surface area (TPSA) is 104 Å². The van der Waals surface area contributed by atoms with Crippen LogP contribution in [0.2, 0.25) is 0 Å². The van der Waals surface area contributed by atoms with Gasteiger partial charge in [0.25, 0.3) is 5.56 Å². The molecule has 1 fully saturated rings. The maximum absolute atomic E-state index is 13.3. The zero-order valence-corrected chi connectivity index (χ0v) is 22.6. The van der Waals surface area contributed by atoms with Crippen LogP contribution in [0.5, 0.6) is 0 Å². The van der Waals surface area contributed by atoms with E-state index in [1.54, 1.807) is 28.6 Å². The van der Waals surface area contributed by atoms with Crippen LogP contribution in [0.15, 0.2) is 60.0 Å². The number of pyridine rings is 1. The molecule has 202 valence electrons. The molecular formula is C29H34N8O2. The number of hydrogen-bond donors (Lipinski definition) is 2. The minimum atomic E-state index is -1.01. The van der Waals surface area contributed by atoms with E-state index in [-0.39, 0.29) is 12.1 Å². The molecule has 0 amide bonds. The van der Waals surface area contributed by atoms with Crippen molar-refractivity contribution in [1.82, 2.24) is 29.2 Å². The van der Waals surface area contributed by atoms with E-state index in [2.05, 4.69) is 52.8 Å². The molecule has 2 N–H and O–H groups in total. The Hall–Kier alpha value is -4.02. The molecule has 10 heteroatoms. The van der Waals surface area contributed by atoms with Crippen molar-refractivity contribution in [2.45, 2.75) is 44.9 Å². The van der Waals surface area contributed by atoms with Crippen LogP contribution < -0.4 is 15.8 Å². The van der Waals surface area contributed by atoms with Gasteiger partial charge in [0.05, 0.1) is 12.2 Å². The average Bonchev–Trinajstić information content (AvgIpc) is 3.37. The van der Waals surface area contributed by atoms with Crippen molar-refractivity contribution >= 4 is 28.4 Å². The van der Waals surface area contributed by atoms with Gasteiger partial charge in [-0.3, -0.25) is 4.79 Å². The van der Waals surface area contributed by atoms with Crippen LogP contribution in [0.3, 0.4) is 0 Å². The molecule has 2 aliphatic rings. The number of likely N-dealkylation sites (N-methyl/N-ethyl adjacent to an activating group) is 1. The van der Waals surface area contributed by atoms with Gasteiger partial charge >= 0.3 is 0 Å². The molecule has 1 aliphatic heterocycles. The highest BCUT2D eigenvalue weighted by atomic mass is 16.3. The molecule has 6 rings (SSSR count). The molecule has 0 unspecified atom stereocenters. The van der Waals surface area contributed by atoms with Gasteiger partial charge in [-0.05, 0) is 69.6 Å². The van der Waals surface area contributed by atoms with Crippen LogP contribution in [-0.2, 0) is 18.6 Å². The Labute approximate surface area is 227 Å². The van der Waals surface area contributed by atoms with Crippen LogP contribution in [0.25, 0.3) is 16.9 Å². The number of nitrogens with one attached hydrogen (secondary N) is 1. The highest BCUT2D eigenvalue weighted by Crippen LogP contribution is 2.35. The molecule has 0 saturated carbocycles. The molecule has 10 nitrogen and oxygen atoms in total. The van der Waals surface area contributed by atoms with Gasteiger partial charge in [0.1, 0.15) is 11.0 Å². The standard InChI is InChI=1S/C29H34N8O2/c1-5-14-36-27(38)23-17-30-28(31-21-7-9-22(10-8-21)35-16-15-34(4)18-19(35)2)33-26(23)37(36)24-11-6-20-12-13-29(3,39)25(20)32-24/h5-11,17,19,39H,1,12-16,18H2,2-4H3,(H,30,31,33)/t19-,29-/m0/s1. The van der Waals surface area contributed by atoms with Gasteiger partial charge in [-0.2, -0.15) is 4.98 Å². The number of rotatable bonds is 6. The summed E-state index contributed by atoms with van der Waals surface area (Å²) in [7, 11) is 2.16. The van der Waals surface area contributed by atoms with Gasteiger partial charge in [0, 0.05) is 43.2 Å². The zero-order valence-electron chi connectivity index (χ0n) is 22.6. The number of anilines is 3.